The Morgan fingerprint density at radius 2 is 1.73 bits per heavy atom. The summed E-state index contributed by atoms with van der Waals surface area (Å²) in [5.74, 6) is 0.0774. The summed E-state index contributed by atoms with van der Waals surface area (Å²) in [7, 11) is 0. The fourth-order valence-electron chi connectivity index (χ4n) is 2.26. The van der Waals surface area contributed by atoms with Crippen LogP contribution in [0.15, 0.2) is 54.6 Å². The van der Waals surface area contributed by atoms with Crippen molar-refractivity contribution < 1.29 is 17.9 Å². The van der Waals surface area contributed by atoms with Crippen LogP contribution in [-0.4, -0.2) is 11.3 Å². The summed E-state index contributed by atoms with van der Waals surface area (Å²) >= 11 is 0. The molecule has 3 aromatic rings. The van der Waals surface area contributed by atoms with Gasteiger partial charge in [-0.15, -0.1) is 13.2 Å². The molecule has 0 saturated carbocycles. The molecule has 1 heterocycles. The summed E-state index contributed by atoms with van der Waals surface area (Å²) in [5.41, 5.74) is 7.60. The van der Waals surface area contributed by atoms with Crippen molar-refractivity contribution in [3.05, 3.63) is 54.6 Å². The molecule has 2 aromatic carbocycles. The van der Waals surface area contributed by atoms with Crippen LogP contribution in [0, 0.1) is 0 Å². The highest BCUT2D eigenvalue weighted by molar-refractivity contribution is 5.94. The Morgan fingerprint density at radius 1 is 0.955 bits per heavy atom. The highest BCUT2D eigenvalue weighted by atomic mass is 19.4. The lowest BCUT2D eigenvalue weighted by molar-refractivity contribution is -0.274. The predicted molar refractivity (Wildman–Crippen MR) is 78.3 cm³/mol. The number of para-hydroxylation sites is 1. The Morgan fingerprint density at radius 3 is 2.50 bits per heavy atom. The first kappa shape index (κ1) is 14.2. The molecule has 2 N–H and O–H groups in total. The van der Waals surface area contributed by atoms with Gasteiger partial charge in [-0.05, 0) is 29.8 Å². The quantitative estimate of drug-likeness (QED) is 0.764. The molecule has 3 rings (SSSR count). The summed E-state index contributed by atoms with van der Waals surface area (Å²) < 4.78 is 40.9. The standard InChI is InChI=1S/C16H11F3N2O/c17-16(18,19)22-12-5-1-4-11(9-12)13-6-2-3-10-7-8-14(20)21-15(10)13/h1-9H,(H2,20,21). The van der Waals surface area contributed by atoms with Crippen molar-refractivity contribution in [2.45, 2.75) is 6.36 Å². The highest BCUT2D eigenvalue weighted by Gasteiger charge is 2.31. The van der Waals surface area contributed by atoms with Gasteiger partial charge < -0.3 is 10.5 Å². The Balaban J connectivity index is 2.12. The predicted octanol–water partition coefficient (Wildman–Crippen LogP) is 4.38. The molecule has 0 aliphatic carbocycles. The van der Waals surface area contributed by atoms with Gasteiger partial charge in [0.2, 0.25) is 0 Å². The number of nitrogens with two attached hydrogens (primary N) is 1. The van der Waals surface area contributed by atoms with E-state index >= 15 is 0 Å². The summed E-state index contributed by atoms with van der Waals surface area (Å²) in [5, 5.41) is 0.855. The summed E-state index contributed by atoms with van der Waals surface area (Å²) in [6.45, 7) is 0. The van der Waals surface area contributed by atoms with Crippen LogP contribution in [0.25, 0.3) is 22.0 Å². The average molecular weight is 304 g/mol. The number of hydrogen-bond donors (Lipinski definition) is 1. The van der Waals surface area contributed by atoms with E-state index in [1.54, 1.807) is 18.2 Å². The van der Waals surface area contributed by atoms with Crippen LogP contribution in [0.3, 0.4) is 0 Å². The molecule has 0 unspecified atom stereocenters. The molecule has 0 radical (unpaired) electrons. The summed E-state index contributed by atoms with van der Waals surface area (Å²) in [6, 6.07) is 14.7. The summed E-state index contributed by atoms with van der Waals surface area (Å²) in [4.78, 5) is 4.27. The fourth-order valence-corrected chi connectivity index (χ4v) is 2.26. The first-order valence-electron chi connectivity index (χ1n) is 6.44. The SMILES string of the molecule is Nc1ccc2cccc(-c3cccc(OC(F)(F)F)c3)c2n1. The van der Waals surface area contributed by atoms with E-state index in [0.29, 0.717) is 22.5 Å². The van der Waals surface area contributed by atoms with Crippen LogP contribution in [-0.2, 0) is 0 Å². The lowest BCUT2D eigenvalue weighted by Gasteiger charge is -2.11. The molecule has 0 fully saturated rings. The van der Waals surface area contributed by atoms with Crippen molar-refractivity contribution in [1.82, 2.24) is 4.98 Å². The molecule has 0 spiro atoms. The number of aromatic nitrogens is 1. The van der Waals surface area contributed by atoms with Gasteiger partial charge in [-0.2, -0.15) is 0 Å². The third-order valence-electron chi connectivity index (χ3n) is 3.12. The number of nitrogens with zero attached hydrogens (tertiary/aromatic N) is 1. The summed E-state index contributed by atoms with van der Waals surface area (Å²) in [6.07, 6.45) is -4.72. The van der Waals surface area contributed by atoms with Crippen LogP contribution in [0.2, 0.25) is 0 Å². The molecule has 22 heavy (non-hydrogen) atoms. The average Bonchev–Trinajstić information content (AvgIpc) is 2.45. The van der Waals surface area contributed by atoms with Gasteiger partial charge in [0, 0.05) is 10.9 Å². The monoisotopic (exact) mass is 304 g/mol. The van der Waals surface area contributed by atoms with Crippen molar-refractivity contribution in [3.8, 4) is 16.9 Å². The van der Waals surface area contributed by atoms with E-state index in [-0.39, 0.29) is 5.75 Å². The minimum atomic E-state index is -4.72. The van der Waals surface area contributed by atoms with E-state index in [1.807, 2.05) is 18.2 Å². The zero-order valence-corrected chi connectivity index (χ0v) is 11.3. The van der Waals surface area contributed by atoms with E-state index in [1.165, 1.54) is 18.2 Å². The number of ether oxygens (including phenoxy) is 1. The van der Waals surface area contributed by atoms with E-state index in [2.05, 4.69) is 9.72 Å². The van der Waals surface area contributed by atoms with Crippen molar-refractivity contribution in [1.29, 1.82) is 0 Å². The largest absolute Gasteiger partial charge is 0.573 e. The smallest absolute Gasteiger partial charge is 0.406 e. The molecule has 0 saturated heterocycles. The van der Waals surface area contributed by atoms with E-state index < -0.39 is 6.36 Å². The zero-order valence-electron chi connectivity index (χ0n) is 11.3. The lowest BCUT2D eigenvalue weighted by Crippen LogP contribution is -2.17. The molecule has 0 aliphatic heterocycles. The van der Waals surface area contributed by atoms with Crippen LogP contribution < -0.4 is 10.5 Å². The van der Waals surface area contributed by atoms with Crippen LogP contribution in [0.4, 0.5) is 19.0 Å². The Hall–Kier alpha value is -2.76. The van der Waals surface area contributed by atoms with Gasteiger partial charge in [-0.3, -0.25) is 0 Å². The number of alkyl halides is 3. The van der Waals surface area contributed by atoms with Crippen LogP contribution in [0.5, 0.6) is 5.75 Å². The van der Waals surface area contributed by atoms with Gasteiger partial charge in [-0.25, -0.2) is 4.98 Å². The number of benzene rings is 2. The fraction of sp³-hybridized carbons (Fsp3) is 0.0625. The number of fused-ring (bicyclic) bond motifs is 1. The molecule has 0 bridgehead atoms. The van der Waals surface area contributed by atoms with Crippen molar-refractivity contribution in [3.63, 3.8) is 0 Å². The second kappa shape index (κ2) is 5.22. The van der Waals surface area contributed by atoms with Crippen LogP contribution in [0.1, 0.15) is 0 Å². The van der Waals surface area contributed by atoms with Gasteiger partial charge in [0.15, 0.2) is 0 Å². The molecule has 3 nitrogen and oxygen atoms in total. The van der Waals surface area contributed by atoms with E-state index in [4.69, 9.17) is 5.73 Å². The van der Waals surface area contributed by atoms with Gasteiger partial charge in [0.1, 0.15) is 11.6 Å². The minimum Gasteiger partial charge on any atom is -0.406 e. The maximum Gasteiger partial charge on any atom is 0.573 e. The molecular formula is C16H11F3N2O. The normalized spacial score (nSPS) is 11.6. The van der Waals surface area contributed by atoms with Gasteiger partial charge in [-0.1, -0.05) is 30.3 Å². The third-order valence-corrected chi connectivity index (χ3v) is 3.12. The van der Waals surface area contributed by atoms with Crippen molar-refractivity contribution in [2.24, 2.45) is 0 Å². The Labute approximate surface area is 124 Å². The first-order chi connectivity index (χ1) is 10.4. The molecule has 0 amide bonds. The number of nitrogen functional groups attached to an aromatic ring is 1. The van der Waals surface area contributed by atoms with Gasteiger partial charge in [0.25, 0.3) is 0 Å². The zero-order chi connectivity index (χ0) is 15.7. The molecule has 0 atom stereocenters. The highest BCUT2D eigenvalue weighted by Crippen LogP contribution is 2.31. The van der Waals surface area contributed by atoms with Gasteiger partial charge >= 0.3 is 6.36 Å². The number of halogens is 3. The number of anilines is 1. The topological polar surface area (TPSA) is 48.1 Å². The molecule has 6 heteroatoms. The number of rotatable bonds is 2. The molecular weight excluding hydrogens is 293 g/mol. The van der Waals surface area contributed by atoms with Crippen molar-refractivity contribution in [2.75, 3.05) is 5.73 Å². The Kier molecular flexibility index (Phi) is 3.36. The maximum atomic E-state index is 12.3. The molecule has 112 valence electrons. The lowest BCUT2D eigenvalue weighted by atomic mass is 10.0. The first-order valence-corrected chi connectivity index (χ1v) is 6.44. The van der Waals surface area contributed by atoms with Crippen LogP contribution >= 0.6 is 0 Å². The maximum absolute atomic E-state index is 12.3. The molecule has 0 aliphatic rings. The number of pyridine rings is 1. The van der Waals surface area contributed by atoms with E-state index in [0.717, 1.165) is 5.39 Å². The molecule has 1 aromatic heterocycles. The van der Waals surface area contributed by atoms with Crippen molar-refractivity contribution >= 4 is 16.7 Å². The second-order valence-electron chi connectivity index (χ2n) is 4.69. The van der Waals surface area contributed by atoms with Gasteiger partial charge in [0.05, 0.1) is 5.52 Å². The minimum absolute atomic E-state index is 0.272. The second-order valence-corrected chi connectivity index (χ2v) is 4.69. The Bertz CT molecular complexity index is 831. The third kappa shape index (κ3) is 2.95. The van der Waals surface area contributed by atoms with E-state index in [9.17, 15) is 13.2 Å². The number of hydrogen-bond acceptors (Lipinski definition) is 3.